The Balaban J connectivity index is 1.76. The van der Waals surface area contributed by atoms with Gasteiger partial charge in [-0.3, -0.25) is 4.79 Å². The van der Waals surface area contributed by atoms with E-state index in [4.69, 9.17) is 9.47 Å². The van der Waals surface area contributed by atoms with Crippen molar-refractivity contribution < 1.29 is 27.4 Å². The molecule has 1 unspecified atom stereocenters. The molecule has 9 heteroatoms. The SMILES string of the molecule is C=CC(=O)NC1COc2c(cccc2Oc2cnc(C(F)(F)F)cn2)C1. The van der Waals surface area contributed by atoms with Crippen LogP contribution in [0.15, 0.2) is 43.2 Å². The number of para-hydroxylation sites is 1. The Labute approximate surface area is 146 Å². The van der Waals surface area contributed by atoms with Crippen molar-refractivity contribution in [3.05, 3.63) is 54.5 Å². The minimum Gasteiger partial charge on any atom is -0.487 e. The van der Waals surface area contributed by atoms with Crippen LogP contribution in [-0.2, 0) is 17.4 Å². The largest absolute Gasteiger partial charge is 0.487 e. The molecule has 1 atom stereocenters. The summed E-state index contributed by atoms with van der Waals surface area (Å²) in [5.74, 6) is 0.384. The highest BCUT2D eigenvalue weighted by Crippen LogP contribution is 2.37. The number of hydrogen-bond acceptors (Lipinski definition) is 5. The minimum atomic E-state index is -4.56. The summed E-state index contributed by atoms with van der Waals surface area (Å²) < 4.78 is 48.7. The van der Waals surface area contributed by atoms with Crippen molar-refractivity contribution in [1.29, 1.82) is 0 Å². The van der Waals surface area contributed by atoms with E-state index in [2.05, 4.69) is 21.9 Å². The fraction of sp³-hybridized carbons (Fsp3) is 0.235. The number of amides is 1. The summed E-state index contributed by atoms with van der Waals surface area (Å²) in [5.41, 5.74) is -0.306. The van der Waals surface area contributed by atoms with E-state index >= 15 is 0 Å². The van der Waals surface area contributed by atoms with Crippen LogP contribution in [0.3, 0.4) is 0 Å². The van der Waals surface area contributed by atoms with E-state index in [0.717, 1.165) is 11.8 Å². The number of carbonyl (C=O) groups is 1. The van der Waals surface area contributed by atoms with Crippen LogP contribution in [0.2, 0.25) is 0 Å². The molecule has 2 aromatic rings. The summed E-state index contributed by atoms with van der Waals surface area (Å²) >= 11 is 0. The molecular weight excluding hydrogens is 351 g/mol. The average molecular weight is 365 g/mol. The van der Waals surface area contributed by atoms with Gasteiger partial charge < -0.3 is 14.8 Å². The lowest BCUT2D eigenvalue weighted by atomic mass is 10.0. The molecule has 1 aromatic carbocycles. The quantitative estimate of drug-likeness (QED) is 0.844. The van der Waals surface area contributed by atoms with Gasteiger partial charge in [0.1, 0.15) is 6.61 Å². The number of ether oxygens (including phenoxy) is 2. The average Bonchev–Trinajstić information content (AvgIpc) is 2.61. The van der Waals surface area contributed by atoms with Gasteiger partial charge in [-0.1, -0.05) is 18.7 Å². The Bertz CT molecular complexity index is 822. The molecule has 2 heterocycles. The number of hydrogen-bond donors (Lipinski definition) is 1. The van der Waals surface area contributed by atoms with Gasteiger partial charge in [0.15, 0.2) is 17.2 Å². The van der Waals surface area contributed by atoms with Crippen LogP contribution in [-0.4, -0.2) is 28.5 Å². The Hall–Kier alpha value is -3.10. The van der Waals surface area contributed by atoms with Gasteiger partial charge in [0.05, 0.1) is 18.4 Å². The molecule has 1 aliphatic heterocycles. The van der Waals surface area contributed by atoms with Gasteiger partial charge in [-0.25, -0.2) is 9.97 Å². The van der Waals surface area contributed by atoms with Crippen LogP contribution in [0.1, 0.15) is 11.3 Å². The molecule has 0 fully saturated rings. The summed E-state index contributed by atoms with van der Waals surface area (Å²) in [6.45, 7) is 3.62. The smallest absolute Gasteiger partial charge is 0.434 e. The third-order valence-electron chi connectivity index (χ3n) is 3.62. The number of rotatable bonds is 4. The second kappa shape index (κ2) is 7.03. The van der Waals surface area contributed by atoms with Crippen LogP contribution in [0, 0.1) is 0 Å². The second-order valence-electron chi connectivity index (χ2n) is 5.51. The van der Waals surface area contributed by atoms with Gasteiger partial charge in [0.2, 0.25) is 11.8 Å². The zero-order chi connectivity index (χ0) is 18.7. The van der Waals surface area contributed by atoms with Gasteiger partial charge in [-0.15, -0.1) is 0 Å². The fourth-order valence-corrected chi connectivity index (χ4v) is 2.46. The van der Waals surface area contributed by atoms with E-state index in [1.165, 1.54) is 6.08 Å². The van der Waals surface area contributed by atoms with Crippen LogP contribution in [0.25, 0.3) is 0 Å². The first-order valence-corrected chi connectivity index (χ1v) is 7.61. The maximum absolute atomic E-state index is 12.5. The highest BCUT2D eigenvalue weighted by Gasteiger charge is 2.33. The molecule has 6 nitrogen and oxygen atoms in total. The monoisotopic (exact) mass is 365 g/mol. The normalized spacial score (nSPS) is 16.2. The van der Waals surface area contributed by atoms with E-state index in [1.54, 1.807) is 12.1 Å². The molecule has 1 N–H and O–H groups in total. The number of nitrogens with one attached hydrogen (secondary N) is 1. The van der Waals surface area contributed by atoms with Crippen molar-refractivity contribution in [1.82, 2.24) is 15.3 Å². The van der Waals surface area contributed by atoms with Crippen molar-refractivity contribution in [3.63, 3.8) is 0 Å². The molecule has 1 amide bonds. The van der Waals surface area contributed by atoms with Gasteiger partial charge in [-0.2, -0.15) is 13.2 Å². The predicted molar refractivity (Wildman–Crippen MR) is 84.9 cm³/mol. The molecule has 0 radical (unpaired) electrons. The third kappa shape index (κ3) is 3.93. The Morgan fingerprint density at radius 2 is 2.15 bits per heavy atom. The second-order valence-corrected chi connectivity index (χ2v) is 5.51. The first-order valence-electron chi connectivity index (χ1n) is 7.61. The Morgan fingerprint density at radius 1 is 1.35 bits per heavy atom. The highest BCUT2D eigenvalue weighted by molar-refractivity contribution is 5.87. The van der Waals surface area contributed by atoms with Crippen LogP contribution in [0.4, 0.5) is 13.2 Å². The number of aromatic nitrogens is 2. The highest BCUT2D eigenvalue weighted by atomic mass is 19.4. The summed E-state index contributed by atoms with van der Waals surface area (Å²) in [6.07, 6.45) is -1.36. The van der Waals surface area contributed by atoms with E-state index in [9.17, 15) is 18.0 Å². The van der Waals surface area contributed by atoms with Crippen molar-refractivity contribution in [3.8, 4) is 17.4 Å². The lowest BCUT2D eigenvalue weighted by molar-refractivity contribution is -0.141. The van der Waals surface area contributed by atoms with Gasteiger partial charge in [0.25, 0.3) is 0 Å². The molecule has 1 aromatic heterocycles. The summed E-state index contributed by atoms with van der Waals surface area (Å²) in [6, 6.07) is 4.93. The topological polar surface area (TPSA) is 73.3 Å². The summed E-state index contributed by atoms with van der Waals surface area (Å²) in [7, 11) is 0. The zero-order valence-electron chi connectivity index (χ0n) is 13.4. The fourth-order valence-electron chi connectivity index (χ4n) is 2.46. The standard InChI is InChI=1S/C17H14F3N3O3/c1-2-14(24)23-11-6-10-4-3-5-12(16(10)25-9-11)26-15-8-21-13(7-22-15)17(18,19)20/h2-5,7-8,11H,1,6,9H2,(H,23,24). The molecule has 1 aliphatic rings. The van der Waals surface area contributed by atoms with Gasteiger partial charge in [-0.05, 0) is 18.6 Å². The van der Waals surface area contributed by atoms with E-state index in [1.807, 2.05) is 6.07 Å². The van der Waals surface area contributed by atoms with Crippen molar-refractivity contribution >= 4 is 5.91 Å². The number of halogens is 3. The van der Waals surface area contributed by atoms with Crippen molar-refractivity contribution in [2.75, 3.05) is 6.61 Å². The maximum atomic E-state index is 12.5. The van der Waals surface area contributed by atoms with Crippen LogP contribution < -0.4 is 14.8 Å². The lowest BCUT2D eigenvalue weighted by Crippen LogP contribution is -2.42. The lowest BCUT2D eigenvalue weighted by Gasteiger charge is -2.27. The van der Waals surface area contributed by atoms with E-state index < -0.39 is 11.9 Å². The molecule has 0 bridgehead atoms. The van der Waals surface area contributed by atoms with Crippen molar-refractivity contribution in [2.24, 2.45) is 0 Å². The first kappa shape index (κ1) is 17.7. The molecule has 0 aliphatic carbocycles. The van der Waals surface area contributed by atoms with E-state index in [0.29, 0.717) is 24.1 Å². The summed E-state index contributed by atoms with van der Waals surface area (Å²) in [4.78, 5) is 18.3. The maximum Gasteiger partial charge on any atom is 0.434 e. The number of fused-ring (bicyclic) bond motifs is 1. The molecule has 0 saturated carbocycles. The minimum absolute atomic E-state index is 0.0860. The number of nitrogens with zero attached hydrogens (tertiary/aromatic N) is 2. The van der Waals surface area contributed by atoms with E-state index in [-0.39, 0.29) is 24.4 Å². The Morgan fingerprint density at radius 3 is 2.81 bits per heavy atom. The third-order valence-corrected chi connectivity index (χ3v) is 3.62. The molecular formula is C17H14F3N3O3. The molecule has 26 heavy (non-hydrogen) atoms. The molecule has 0 spiro atoms. The van der Waals surface area contributed by atoms with Crippen LogP contribution >= 0.6 is 0 Å². The number of benzene rings is 1. The molecule has 3 rings (SSSR count). The first-order chi connectivity index (χ1) is 12.4. The van der Waals surface area contributed by atoms with Gasteiger partial charge in [0, 0.05) is 5.56 Å². The predicted octanol–water partition coefficient (Wildman–Crippen LogP) is 2.89. The Kier molecular flexibility index (Phi) is 4.79. The number of alkyl halides is 3. The molecule has 0 saturated heterocycles. The summed E-state index contributed by atoms with van der Waals surface area (Å²) in [5, 5.41) is 2.75. The van der Waals surface area contributed by atoms with Gasteiger partial charge >= 0.3 is 6.18 Å². The van der Waals surface area contributed by atoms with Crippen molar-refractivity contribution in [2.45, 2.75) is 18.6 Å². The van der Waals surface area contributed by atoms with Crippen LogP contribution in [0.5, 0.6) is 17.4 Å². The number of carbonyl (C=O) groups excluding carboxylic acids is 1. The zero-order valence-corrected chi connectivity index (χ0v) is 13.4. The molecule has 136 valence electrons.